The van der Waals surface area contributed by atoms with Crippen molar-refractivity contribution in [3.63, 3.8) is 0 Å². The molecule has 0 spiro atoms. The highest BCUT2D eigenvalue weighted by molar-refractivity contribution is 5.87. The summed E-state index contributed by atoms with van der Waals surface area (Å²) in [5.41, 5.74) is 0.801. The van der Waals surface area contributed by atoms with Crippen LogP contribution in [0.1, 0.15) is 25.0 Å². The summed E-state index contributed by atoms with van der Waals surface area (Å²) in [6.45, 7) is 3.00. The largest absolute Gasteiger partial charge is 0.505 e. The quantitative estimate of drug-likeness (QED) is 0.879. The van der Waals surface area contributed by atoms with E-state index in [0.717, 1.165) is 36.1 Å². The molecule has 0 saturated carbocycles. The lowest BCUT2D eigenvalue weighted by molar-refractivity contribution is 0.216. The average molecular weight is 242 g/mol. The Labute approximate surface area is 107 Å². The molecule has 1 aromatic carbocycles. The molecule has 0 radical (unpaired) electrons. The van der Waals surface area contributed by atoms with E-state index in [1.165, 1.54) is 19.3 Å². The molecule has 0 amide bonds. The molecule has 0 bridgehead atoms. The Bertz CT molecular complexity index is 547. The van der Waals surface area contributed by atoms with Crippen molar-refractivity contribution in [3.8, 4) is 5.75 Å². The molecule has 94 valence electrons. The fourth-order valence-corrected chi connectivity index (χ4v) is 2.63. The third-order valence-electron chi connectivity index (χ3n) is 3.67. The third kappa shape index (κ3) is 2.18. The first-order valence-electron chi connectivity index (χ1n) is 6.62. The van der Waals surface area contributed by atoms with Crippen molar-refractivity contribution < 1.29 is 5.11 Å². The lowest BCUT2D eigenvalue weighted by atomic mass is 10.1. The summed E-state index contributed by atoms with van der Waals surface area (Å²) in [7, 11) is 0. The first kappa shape index (κ1) is 11.5. The van der Waals surface area contributed by atoms with E-state index < -0.39 is 0 Å². The summed E-state index contributed by atoms with van der Waals surface area (Å²) >= 11 is 0. The Kier molecular flexibility index (Phi) is 3.15. The van der Waals surface area contributed by atoms with Crippen molar-refractivity contribution in [1.82, 2.24) is 9.88 Å². The first-order valence-corrected chi connectivity index (χ1v) is 6.62. The molecule has 1 aliphatic rings. The highest BCUT2D eigenvalue weighted by Gasteiger charge is 2.14. The van der Waals surface area contributed by atoms with Gasteiger partial charge in [0.1, 0.15) is 5.75 Å². The molecule has 1 aromatic heterocycles. The van der Waals surface area contributed by atoms with Crippen LogP contribution in [0.5, 0.6) is 5.75 Å². The summed E-state index contributed by atoms with van der Waals surface area (Å²) in [5.74, 6) is 0.346. The molecule has 1 saturated heterocycles. The van der Waals surface area contributed by atoms with E-state index >= 15 is 0 Å². The number of rotatable bonds is 2. The normalized spacial score (nSPS) is 17.1. The molecule has 0 atom stereocenters. The third-order valence-corrected chi connectivity index (χ3v) is 3.67. The smallest absolute Gasteiger partial charge is 0.146 e. The van der Waals surface area contributed by atoms with Gasteiger partial charge in [-0.3, -0.25) is 9.88 Å². The van der Waals surface area contributed by atoms with Crippen LogP contribution in [0, 0.1) is 0 Å². The van der Waals surface area contributed by atoms with Crippen molar-refractivity contribution in [1.29, 1.82) is 0 Å². The molecule has 1 fully saturated rings. The summed E-state index contributed by atoms with van der Waals surface area (Å²) in [6.07, 6.45) is 5.70. The molecule has 18 heavy (non-hydrogen) atoms. The average Bonchev–Trinajstić information content (AvgIpc) is 2.43. The zero-order valence-corrected chi connectivity index (χ0v) is 10.5. The molecule has 3 rings (SSSR count). The molecule has 1 N–H and O–H groups in total. The SMILES string of the molecule is Oc1c(CN2CCCCC2)ncc2ccccc12. The van der Waals surface area contributed by atoms with Crippen LogP contribution in [0.4, 0.5) is 0 Å². The minimum atomic E-state index is 0.346. The maximum absolute atomic E-state index is 10.3. The van der Waals surface area contributed by atoms with Gasteiger partial charge in [-0.25, -0.2) is 0 Å². The number of aromatic nitrogens is 1. The second kappa shape index (κ2) is 4.94. The highest BCUT2D eigenvalue weighted by Crippen LogP contribution is 2.27. The van der Waals surface area contributed by atoms with Crippen molar-refractivity contribution in [2.24, 2.45) is 0 Å². The molecule has 0 aliphatic carbocycles. The Morgan fingerprint density at radius 3 is 2.72 bits per heavy atom. The van der Waals surface area contributed by atoms with E-state index in [4.69, 9.17) is 0 Å². The van der Waals surface area contributed by atoms with Gasteiger partial charge in [0.2, 0.25) is 0 Å². The van der Waals surface area contributed by atoms with Crippen LogP contribution >= 0.6 is 0 Å². The molecule has 0 unspecified atom stereocenters. The predicted molar refractivity (Wildman–Crippen MR) is 72.5 cm³/mol. The van der Waals surface area contributed by atoms with Gasteiger partial charge in [0, 0.05) is 23.5 Å². The fourth-order valence-electron chi connectivity index (χ4n) is 2.63. The van der Waals surface area contributed by atoms with Crippen molar-refractivity contribution in [3.05, 3.63) is 36.2 Å². The van der Waals surface area contributed by atoms with E-state index in [-0.39, 0.29) is 0 Å². The van der Waals surface area contributed by atoms with Gasteiger partial charge in [-0.05, 0) is 25.9 Å². The van der Waals surface area contributed by atoms with Gasteiger partial charge in [-0.15, -0.1) is 0 Å². The van der Waals surface area contributed by atoms with Gasteiger partial charge in [0.15, 0.2) is 0 Å². The maximum Gasteiger partial charge on any atom is 0.146 e. The predicted octanol–water partition coefficient (Wildman–Crippen LogP) is 2.93. The van der Waals surface area contributed by atoms with Crippen LogP contribution in [0.25, 0.3) is 10.8 Å². The number of benzene rings is 1. The van der Waals surface area contributed by atoms with Gasteiger partial charge in [0.05, 0.1) is 5.69 Å². The van der Waals surface area contributed by atoms with E-state index in [9.17, 15) is 5.11 Å². The number of likely N-dealkylation sites (tertiary alicyclic amines) is 1. The summed E-state index contributed by atoms with van der Waals surface area (Å²) < 4.78 is 0. The Balaban J connectivity index is 1.89. The number of piperidine rings is 1. The lowest BCUT2D eigenvalue weighted by Crippen LogP contribution is -2.29. The van der Waals surface area contributed by atoms with Crippen LogP contribution in [0.15, 0.2) is 30.5 Å². The minimum Gasteiger partial charge on any atom is -0.505 e. The Hall–Kier alpha value is -1.61. The second-order valence-corrected chi connectivity index (χ2v) is 4.98. The summed E-state index contributed by atoms with van der Waals surface area (Å²) in [5, 5.41) is 12.2. The van der Waals surface area contributed by atoms with Gasteiger partial charge >= 0.3 is 0 Å². The molecule has 2 heterocycles. The van der Waals surface area contributed by atoms with Gasteiger partial charge in [0.25, 0.3) is 0 Å². The zero-order valence-electron chi connectivity index (χ0n) is 10.5. The standard InChI is InChI=1S/C15H18N2O/c18-15-13-7-3-2-6-12(13)10-16-14(15)11-17-8-4-1-5-9-17/h2-3,6-7,10,18H,1,4-5,8-9,11H2. The van der Waals surface area contributed by atoms with Crippen LogP contribution in [0.3, 0.4) is 0 Å². The molecular weight excluding hydrogens is 224 g/mol. The monoisotopic (exact) mass is 242 g/mol. The number of nitrogens with zero attached hydrogens (tertiary/aromatic N) is 2. The van der Waals surface area contributed by atoms with E-state index in [1.54, 1.807) is 0 Å². The minimum absolute atomic E-state index is 0.346. The molecule has 2 aromatic rings. The maximum atomic E-state index is 10.3. The van der Waals surface area contributed by atoms with Gasteiger partial charge in [-0.1, -0.05) is 30.7 Å². The summed E-state index contributed by atoms with van der Waals surface area (Å²) in [6, 6.07) is 7.85. The van der Waals surface area contributed by atoms with Crippen molar-refractivity contribution in [2.75, 3.05) is 13.1 Å². The number of aromatic hydroxyl groups is 1. The lowest BCUT2D eigenvalue weighted by Gasteiger charge is -2.26. The Morgan fingerprint density at radius 1 is 1.11 bits per heavy atom. The fraction of sp³-hybridized carbons (Fsp3) is 0.400. The van der Waals surface area contributed by atoms with Gasteiger partial charge in [-0.2, -0.15) is 0 Å². The number of pyridine rings is 1. The van der Waals surface area contributed by atoms with E-state index in [1.807, 2.05) is 30.5 Å². The van der Waals surface area contributed by atoms with Gasteiger partial charge < -0.3 is 5.11 Å². The number of fused-ring (bicyclic) bond motifs is 1. The van der Waals surface area contributed by atoms with Crippen LogP contribution in [-0.4, -0.2) is 28.1 Å². The molecule has 3 heteroatoms. The van der Waals surface area contributed by atoms with Crippen LogP contribution in [0.2, 0.25) is 0 Å². The molecule has 3 nitrogen and oxygen atoms in total. The number of hydrogen-bond acceptors (Lipinski definition) is 3. The highest BCUT2D eigenvalue weighted by atomic mass is 16.3. The molecule has 1 aliphatic heterocycles. The molecular formula is C15H18N2O. The number of hydrogen-bond donors (Lipinski definition) is 1. The van der Waals surface area contributed by atoms with E-state index in [0.29, 0.717) is 5.75 Å². The second-order valence-electron chi connectivity index (χ2n) is 4.98. The Morgan fingerprint density at radius 2 is 1.89 bits per heavy atom. The topological polar surface area (TPSA) is 36.4 Å². The summed E-state index contributed by atoms with van der Waals surface area (Å²) in [4.78, 5) is 6.78. The van der Waals surface area contributed by atoms with Crippen LogP contribution < -0.4 is 0 Å². The van der Waals surface area contributed by atoms with Crippen LogP contribution in [-0.2, 0) is 6.54 Å². The van der Waals surface area contributed by atoms with E-state index in [2.05, 4.69) is 9.88 Å². The first-order chi connectivity index (χ1) is 8.84. The zero-order chi connectivity index (χ0) is 12.4. The van der Waals surface area contributed by atoms with Crippen molar-refractivity contribution >= 4 is 10.8 Å². The van der Waals surface area contributed by atoms with Crippen molar-refractivity contribution in [2.45, 2.75) is 25.8 Å².